The Morgan fingerprint density at radius 2 is 1.88 bits per heavy atom. The standard InChI is InChI=1S/C22H23NO2Se/c1-2-9-18(10-3-1)26-22-19-11-5-4-8-17(19)16-23-20(22)13-15-25-21-12-6-7-14-24-21/h1-5,8-11,16,21H,6-7,12-15H2. The Morgan fingerprint density at radius 3 is 2.73 bits per heavy atom. The Labute approximate surface area is 160 Å². The molecule has 2 heterocycles. The van der Waals surface area contributed by atoms with Crippen LogP contribution in [0.2, 0.25) is 0 Å². The SMILES string of the molecule is c1ccc([Se]c2c(CCOC3CCCCO3)ncc3ccccc23)cc1. The van der Waals surface area contributed by atoms with Crippen LogP contribution in [0.25, 0.3) is 10.8 Å². The summed E-state index contributed by atoms with van der Waals surface area (Å²) in [7, 11) is 0. The second kappa shape index (κ2) is 8.79. The zero-order chi connectivity index (χ0) is 17.6. The van der Waals surface area contributed by atoms with Gasteiger partial charge in [-0.15, -0.1) is 0 Å². The van der Waals surface area contributed by atoms with Gasteiger partial charge in [-0.3, -0.25) is 0 Å². The third-order valence-electron chi connectivity index (χ3n) is 4.57. The average molecular weight is 412 g/mol. The molecule has 0 aliphatic carbocycles. The van der Waals surface area contributed by atoms with Crippen molar-refractivity contribution in [2.75, 3.05) is 13.2 Å². The number of benzene rings is 2. The molecule has 3 nitrogen and oxygen atoms in total. The maximum absolute atomic E-state index is 5.95. The van der Waals surface area contributed by atoms with Crippen LogP contribution in [-0.4, -0.2) is 39.4 Å². The van der Waals surface area contributed by atoms with Gasteiger partial charge >= 0.3 is 161 Å². The van der Waals surface area contributed by atoms with Crippen LogP contribution < -0.4 is 8.92 Å². The molecule has 1 aliphatic rings. The van der Waals surface area contributed by atoms with E-state index in [4.69, 9.17) is 14.5 Å². The monoisotopic (exact) mass is 413 g/mol. The van der Waals surface area contributed by atoms with Crippen LogP contribution in [0.15, 0.2) is 60.8 Å². The summed E-state index contributed by atoms with van der Waals surface area (Å²) in [6.07, 6.45) is 6.14. The third-order valence-corrected chi connectivity index (χ3v) is 7.02. The second-order valence-corrected chi connectivity index (χ2v) is 8.73. The molecule has 1 unspecified atom stereocenters. The fourth-order valence-corrected chi connectivity index (χ4v) is 5.51. The Hall–Kier alpha value is -1.71. The molecule has 0 amide bonds. The quantitative estimate of drug-likeness (QED) is 0.584. The minimum absolute atomic E-state index is 0.0349. The van der Waals surface area contributed by atoms with E-state index in [1.54, 1.807) is 0 Å². The molecule has 1 aromatic heterocycles. The summed E-state index contributed by atoms with van der Waals surface area (Å²) in [4.78, 5) is 4.78. The van der Waals surface area contributed by atoms with Crippen LogP contribution in [0.4, 0.5) is 0 Å². The van der Waals surface area contributed by atoms with Crippen molar-refractivity contribution in [1.29, 1.82) is 0 Å². The molecule has 1 atom stereocenters. The van der Waals surface area contributed by atoms with E-state index < -0.39 is 0 Å². The first kappa shape index (κ1) is 17.7. The van der Waals surface area contributed by atoms with E-state index in [-0.39, 0.29) is 21.2 Å². The van der Waals surface area contributed by atoms with Gasteiger partial charge in [0.1, 0.15) is 0 Å². The molecule has 0 bridgehead atoms. The van der Waals surface area contributed by atoms with Crippen molar-refractivity contribution in [2.24, 2.45) is 0 Å². The summed E-state index contributed by atoms with van der Waals surface area (Å²) in [5.74, 6) is 0. The fourth-order valence-electron chi connectivity index (χ4n) is 3.21. The Balaban J connectivity index is 1.55. The van der Waals surface area contributed by atoms with Crippen molar-refractivity contribution < 1.29 is 9.47 Å². The molecular weight excluding hydrogens is 389 g/mol. The molecule has 3 aromatic rings. The Morgan fingerprint density at radius 1 is 1.04 bits per heavy atom. The van der Waals surface area contributed by atoms with E-state index in [0.717, 1.165) is 31.6 Å². The fraction of sp³-hybridized carbons (Fsp3) is 0.318. The van der Waals surface area contributed by atoms with Gasteiger partial charge in [-0.25, -0.2) is 0 Å². The number of rotatable bonds is 6. The van der Waals surface area contributed by atoms with Gasteiger partial charge in [0.15, 0.2) is 0 Å². The summed E-state index contributed by atoms with van der Waals surface area (Å²) in [5.41, 5.74) is 1.16. The molecule has 4 rings (SSSR count). The predicted molar refractivity (Wildman–Crippen MR) is 106 cm³/mol. The van der Waals surface area contributed by atoms with E-state index in [2.05, 4.69) is 54.6 Å². The maximum atomic E-state index is 5.95. The Bertz CT molecular complexity index is 847. The van der Waals surface area contributed by atoms with Gasteiger partial charge in [0, 0.05) is 0 Å². The molecule has 1 aliphatic heterocycles. The van der Waals surface area contributed by atoms with Crippen LogP contribution in [0.3, 0.4) is 0 Å². The van der Waals surface area contributed by atoms with Crippen molar-refractivity contribution in [2.45, 2.75) is 32.0 Å². The van der Waals surface area contributed by atoms with Crippen molar-refractivity contribution in [3.8, 4) is 0 Å². The zero-order valence-electron chi connectivity index (χ0n) is 14.8. The number of hydrogen-bond donors (Lipinski definition) is 0. The summed E-state index contributed by atoms with van der Waals surface area (Å²) in [6.45, 7) is 1.48. The molecule has 134 valence electrons. The minimum atomic E-state index is -0.0349. The van der Waals surface area contributed by atoms with Crippen LogP contribution >= 0.6 is 0 Å². The van der Waals surface area contributed by atoms with Crippen LogP contribution in [0.5, 0.6) is 0 Å². The van der Waals surface area contributed by atoms with Gasteiger partial charge in [-0.2, -0.15) is 0 Å². The molecule has 1 fully saturated rings. The first-order valence-electron chi connectivity index (χ1n) is 9.23. The van der Waals surface area contributed by atoms with Gasteiger partial charge < -0.3 is 0 Å². The van der Waals surface area contributed by atoms with E-state index in [9.17, 15) is 0 Å². The summed E-state index contributed by atoms with van der Waals surface area (Å²) in [6, 6.07) is 19.2. The van der Waals surface area contributed by atoms with Gasteiger partial charge in [0.2, 0.25) is 0 Å². The van der Waals surface area contributed by atoms with Crippen molar-refractivity contribution >= 4 is 34.7 Å². The molecule has 0 N–H and O–H groups in total. The number of ether oxygens (including phenoxy) is 2. The van der Waals surface area contributed by atoms with Gasteiger partial charge in [0.05, 0.1) is 0 Å². The number of aromatic nitrogens is 1. The third kappa shape index (κ3) is 4.33. The number of hydrogen-bond acceptors (Lipinski definition) is 3. The predicted octanol–water partition coefficient (Wildman–Crippen LogP) is 2.98. The molecular formula is C22H23NO2Se. The average Bonchev–Trinajstić information content (AvgIpc) is 2.71. The second-order valence-electron chi connectivity index (χ2n) is 6.45. The Kier molecular flexibility index (Phi) is 5.98. The van der Waals surface area contributed by atoms with E-state index in [1.807, 2.05) is 6.20 Å². The van der Waals surface area contributed by atoms with Crippen molar-refractivity contribution in [3.05, 3.63) is 66.5 Å². The number of pyridine rings is 1. The molecule has 1 saturated heterocycles. The summed E-state index contributed by atoms with van der Waals surface area (Å²) in [5, 5.41) is 2.52. The van der Waals surface area contributed by atoms with Crippen LogP contribution in [0.1, 0.15) is 25.0 Å². The summed E-state index contributed by atoms with van der Waals surface area (Å²) >= 11 is 0.228. The molecule has 26 heavy (non-hydrogen) atoms. The topological polar surface area (TPSA) is 31.4 Å². The normalized spacial score (nSPS) is 17.5. The van der Waals surface area contributed by atoms with Crippen LogP contribution in [-0.2, 0) is 15.9 Å². The zero-order valence-corrected chi connectivity index (χ0v) is 16.5. The van der Waals surface area contributed by atoms with Gasteiger partial charge in [0.25, 0.3) is 0 Å². The van der Waals surface area contributed by atoms with Crippen molar-refractivity contribution in [1.82, 2.24) is 4.98 Å². The number of nitrogens with zero attached hydrogens (tertiary/aromatic N) is 1. The molecule has 0 saturated carbocycles. The van der Waals surface area contributed by atoms with Crippen LogP contribution in [0, 0.1) is 0 Å². The number of fused-ring (bicyclic) bond motifs is 1. The molecule has 0 spiro atoms. The first-order valence-corrected chi connectivity index (χ1v) is 10.9. The van der Waals surface area contributed by atoms with Gasteiger partial charge in [-0.05, 0) is 0 Å². The van der Waals surface area contributed by atoms with E-state index >= 15 is 0 Å². The molecule has 4 heteroatoms. The molecule has 2 aromatic carbocycles. The van der Waals surface area contributed by atoms with E-state index in [1.165, 1.54) is 26.1 Å². The van der Waals surface area contributed by atoms with Crippen molar-refractivity contribution in [3.63, 3.8) is 0 Å². The molecule has 0 radical (unpaired) electrons. The van der Waals surface area contributed by atoms with Gasteiger partial charge in [-0.1, -0.05) is 0 Å². The summed E-state index contributed by atoms with van der Waals surface area (Å²) < 4.78 is 14.4. The van der Waals surface area contributed by atoms with E-state index in [0.29, 0.717) is 6.61 Å². The first-order chi connectivity index (χ1) is 12.9.